The smallest absolute Gasteiger partial charge is 0.269 e. The second-order valence-electron chi connectivity index (χ2n) is 8.32. The van der Waals surface area contributed by atoms with Crippen LogP contribution in [0.1, 0.15) is 33.3 Å². The van der Waals surface area contributed by atoms with Crippen molar-refractivity contribution in [3.63, 3.8) is 0 Å². The molecule has 9 heteroatoms. The predicted molar refractivity (Wildman–Crippen MR) is 118 cm³/mol. The number of hydrogen-bond acceptors (Lipinski definition) is 5. The Bertz CT molecular complexity index is 725. The van der Waals surface area contributed by atoms with Gasteiger partial charge in [-0.2, -0.15) is 0 Å². The van der Waals surface area contributed by atoms with Crippen LogP contribution in [0.5, 0.6) is 0 Å². The van der Waals surface area contributed by atoms with Crippen molar-refractivity contribution in [2.45, 2.75) is 40.3 Å². The molecule has 0 aliphatic carbocycles. The number of rotatable bonds is 8. The summed E-state index contributed by atoms with van der Waals surface area (Å²) in [5, 5.41) is 17.2. The normalized spacial score (nSPS) is 15.5. The molecule has 2 rings (SSSR count). The Morgan fingerprint density at radius 1 is 1.13 bits per heavy atom. The molecule has 166 valence electrons. The van der Waals surface area contributed by atoms with Gasteiger partial charge in [0.15, 0.2) is 5.96 Å². The number of nitro benzene ring substituents is 1. The van der Waals surface area contributed by atoms with E-state index in [0.717, 1.165) is 44.2 Å². The first kappa shape index (κ1) is 23.6. The van der Waals surface area contributed by atoms with Crippen LogP contribution >= 0.6 is 0 Å². The number of benzene rings is 1. The number of nitro groups is 1. The number of aliphatic imine (C=N–C) groups is 1. The fraction of sp³-hybridized carbons (Fsp3) is 0.619. The van der Waals surface area contributed by atoms with E-state index in [0.29, 0.717) is 19.0 Å². The van der Waals surface area contributed by atoms with Gasteiger partial charge >= 0.3 is 0 Å². The van der Waals surface area contributed by atoms with Crippen molar-refractivity contribution < 1.29 is 9.72 Å². The van der Waals surface area contributed by atoms with E-state index in [4.69, 9.17) is 4.99 Å². The number of carbonyl (C=O) groups excluding carboxylic acids is 1. The quantitative estimate of drug-likeness (QED) is 0.289. The standard InChI is InChI=1S/C21H34N6O3/c1-16(2)13-22-21(23-14-18-5-7-19(8-6-18)27(29)30)26-11-9-25(10-12-26)15-20(28)24-17(3)4/h5-8,16-17H,9-15H2,1-4H3,(H,22,23)(H,24,28). The second-order valence-corrected chi connectivity index (χ2v) is 8.32. The van der Waals surface area contributed by atoms with Crippen molar-refractivity contribution in [1.82, 2.24) is 20.4 Å². The lowest BCUT2D eigenvalue weighted by molar-refractivity contribution is -0.384. The number of guanidine groups is 1. The molecule has 0 spiro atoms. The van der Waals surface area contributed by atoms with Crippen molar-refractivity contribution in [2.75, 3.05) is 39.3 Å². The van der Waals surface area contributed by atoms with Gasteiger partial charge in [0.25, 0.3) is 5.69 Å². The van der Waals surface area contributed by atoms with Crippen LogP contribution in [-0.4, -0.2) is 71.9 Å². The highest BCUT2D eigenvalue weighted by atomic mass is 16.6. The number of nitrogens with zero attached hydrogens (tertiary/aromatic N) is 4. The van der Waals surface area contributed by atoms with Crippen LogP contribution in [0.2, 0.25) is 0 Å². The molecule has 1 fully saturated rings. The fourth-order valence-corrected chi connectivity index (χ4v) is 3.14. The zero-order valence-corrected chi connectivity index (χ0v) is 18.4. The first-order valence-electron chi connectivity index (χ1n) is 10.5. The van der Waals surface area contributed by atoms with Crippen molar-refractivity contribution in [2.24, 2.45) is 10.9 Å². The first-order valence-corrected chi connectivity index (χ1v) is 10.5. The maximum atomic E-state index is 12.0. The molecule has 1 heterocycles. The molecule has 0 radical (unpaired) electrons. The lowest BCUT2D eigenvalue weighted by Crippen LogP contribution is -2.54. The van der Waals surface area contributed by atoms with E-state index in [1.165, 1.54) is 12.1 Å². The summed E-state index contributed by atoms with van der Waals surface area (Å²) in [4.78, 5) is 31.5. The van der Waals surface area contributed by atoms with E-state index in [-0.39, 0.29) is 17.6 Å². The molecule has 0 atom stereocenters. The number of carbonyl (C=O) groups is 1. The Hall–Kier alpha value is -2.68. The lowest BCUT2D eigenvalue weighted by Gasteiger charge is -2.36. The molecule has 1 aromatic rings. The summed E-state index contributed by atoms with van der Waals surface area (Å²) in [6.07, 6.45) is 0. The molecule has 0 saturated carbocycles. The minimum Gasteiger partial charge on any atom is -0.356 e. The molecule has 1 aromatic carbocycles. The fourth-order valence-electron chi connectivity index (χ4n) is 3.14. The molecule has 0 bridgehead atoms. The minimum absolute atomic E-state index is 0.0587. The zero-order valence-electron chi connectivity index (χ0n) is 18.4. The Morgan fingerprint density at radius 3 is 2.30 bits per heavy atom. The average Bonchev–Trinajstić information content (AvgIpc) is 2.68. The Balaban J connectivity index is 1.96. The highest BCUT2D eigenvalue weighted by Gasteiger charge is 2.21. The van der Waals surface area contributed by atoms with Crippen molar-refractivity contribution in [3.8, 4) is 0 Å². The van der Waals surface area contributed by atoms with Crippen LogP contribution in [0.3, 0.4) is 0 Å². The summed E-state index contributed by atoms with van der Waals surface area (Å²) >= 11 is 0. The van der Waals surface area contributed by atoms with Crippen LogP contribution in [0.4, 0.5) is 5.69 Å². The van der Waals surface area contributed by atoms with Gasteiger partial charge in [-0.15, -0.1) is 0 Å². The highest BCUT2D eigenvalue weighted by molar-refractivity contribution is 5.80. The molecule has 1 saturated heterocycles. The van der Waals surface area contributed by atoms with Gasteiger partial charge in [0, 0.05) is 50.9 Å². The molecule has 0 unspecified atom stereocenters. The topological polar surface area (TPSA) is 103 Å². The molecular weight excluding hydrogens is 384 g/mol. The van der Waals surface area contributed by atoms with Gasteiger partial charge in [0.2, 0.25) is 5.91 Å². The highest BCUT2D eigenvalue weighted by Crippen LogP contribution is 2.13. The molecular formula is C21H34N6O3. The summed E-state index contributed by atoms with van der Waals surface area (Å²) in [7, 11) is 0. The SMILES string of the molecule is CC(C)CNC(=NCc1ccc([N+](=O)[O-])cc1)N1CCN(CC(=O)NC(C)C)CC1. The Labute approximate surface area is 178 Å². The largest absolute Gasteiger partial charge is 0.356 e. The van der Waals surface area contributed by atoms with Crippen molar-refractivity contribution in [3.05, 3.63) is 39.9 Å². The van der Waals surface area contributed by atoms with Gasteiger partial charge in [0.1, 0.15) is 0 Å². The minimum atomic E-state index is -0.399. The molecule has 0 aromatic heterocycles. The van der Waals surface area contributed by atoms with E-state index < -0.39 is 4.92 Å². The monoisotopic (exact) mass is 418 g/mol. The summed E-state index contributed by atoms with van der Waals surface area (Å²) in [6.45, 7) is 13.1. The number of hydrogen-bond donors (Lipinski definition) is 2. The van der Waals surface area contributed by atoms with Gasteiger partial charge in [-0.25, -0.2) is 4.99 Å². The summed E-state index contributed by atoms with van der Waals surface area (Å²) in [6, 6.07) is 6.65. The predicted octanol–water partition coefficient (Wildman–Crippen LogP) is 1.84. The Kier molecular flexibility index (Phi) is 9.04. The second kappa shape index (κ2) is 11.5. The van der Waals surface area contributed by atoms with Crippen LogP contribution < -0.4 is 10.6 Å². The van der Waals surface area contributed by atoms with Crippen molar-refractivity contribution >= 4 is 17.6 Å². The number of non-ortho nitro benzene ring substituents is 1. The molecule has 1 aliphatic rings. The third kappa shape index (κ3) is 7.98. The average molecular weight is 419 g/mol. The van der Waals surface area contributed by atoms with E-state index in [1.54, 1.807) is 12.1 Å². The third-order valence-corrected chi connectivity index (χ3v) is 4.72. The molecule has 9 nitrogen and oxygen atoms in total. The number of piperazine rings is 1. The zero-order chi connectivity index (χ0) is 22.1. The molecule has 30 heavy (non-hydrogen) atoms. The van der Waals surface area contributed by atoms with Crippen LogP contribution in [0.25, 0.3) is 0 Å². The summed E-state index contributed by atoms with van der Waals surface area (Å²) in [5.74, 6) is 1.38. The lowest BCUT2D eigenvalue weighted by atomic mass is 10.2. The summed E-state index contributed by atoms with van der Waals surface area (Å²) in [5.41, 5.74) is 1.01. The molecule has 1 aliphatic heterocycles. The van der Waals surface area contributed by atoms with Gasteiger partial charge in [-0.1, -0.05) is 26.0 Å². The maximum absolute atomic E-state index is 12.0. The molecule has 1 amide bonds. The van der Waals surface area contributed by atoms with Gasteiger partial charge in [-0.3, -0.25) is 19.8 Å². The van der Waals surface area contributed by atoms with Gasteiger partial charge < -0.3 is 15.5 Å². The van der Waals surface area contributed by atoms with Crippen LogP contribution in [-0.2, 0) is 11.3 Å². The van der Waals surface area contributed by atoms with Gasteiger partial charge in [-0.05, 0) is 25.3 Å². The van der Waals surface area contributed by atoms with Crippen LogP contribution in [0.15, 0.2) is 29.3 Å². The first-order chi connectivity index (χ1) is 14.2. The third-order valence-electron chi connectivity index (χ3n) is 4.72. The molecule has 2 N–H and O–H groups in total. The number of amides is 1. The van der Waals surface area contributed by atoms with E-state index >= 15 is 0 Å². The van der Waals surface area contributed by atoms with Crippen LogP contribution in [0, 0.1) is 16.0 Å². The Morgan fingerprint density at radius 2 is 1.77 bits per heavy atom. The van der Waals surface area contributed by atoms with E-state index in [2.05, 4.69) is 34.3 Å². The van der Waals surface area contributed by atoms with Gasteiger partial charge in [0.05, 0.1) is 18.0 Å². The number of nitrogens with one attached hydrogen (secondary N) is 2. The van der Waals surface area contributed by atoms with E-state index in [1.807, 2.05) is 13.8 Å². The summed E-state index contributed by atoms with van der Waals surface area (Å²) < 4.78 is 0. The maximum Gasteiger partial charge on any atom is 0.269 e. The van der Waals surface area contributed by atoms with E-state index in [9.17, 15) is 14.9 Å². The van der Waals surface area contributed by atoms with Crippen molar-refractivity contribution in [1.29, 1.82) is 0 Å².